The van der Waals surface area contributed by atoms with Gasteiger partial charge in [-0.3, -0.25) is 4.79 Å². The fourth-order valence-corrected chi connectivity index (χ4v) is 2.07. The van der Waals surface area contributed by atoms with Gasteiger partial charge in [0.05, 0.1) is 6.07 Å². The number of nitrogens with one attached hydrogen (secondary N) is 1. The zero-order chi connectivity index (χ0) is 13.1. The van der Waals surface area contributed by atoms with E-state index < -0.39 is 0 Å². The molecule has 2 rings (SSSR count). The molecule has 0 aliphatic carbocycles. The Labute approximate surface area is 106 Å². The summed E-state index contributed by atoms with van der Waals surface area (Å²) in [6.07, 6.45) is -0.0715. The van der Waals surface area contributed by atoms with Gasteiger partial charge in [0.15, 0.2) is 0 Å². The lowest BCUT2D eigenvalue weighted by atomic mass is 10.1. The summed E-state index contributed by atoms with van der Waals surface area (Å²) in [4.78, 5) is 16.5. The zero-order valence-corrected chi connectivity index (χ0v) is 10.5. The van der Waals surface area contributed by atoms with Crippen LogP contribution in [0.4, 0.5) is 0 Å². The maximum Gasteiger partial charge on any atom is 0.236 e. The minimum atomic E-state index is -0.151. The van der Waals surface area contributed by atoms with Crippen molar-refractivity contribution < 1.29 is 4.79 Å². The Hall–Kier alpha value is -2.28. The van der Waals surface area contributed by atoms with Crippen LogP contribution in [0.5, 0.6) is 0 Å². The quantitative estimate of drug-likeness (QED) is 0.896. The predicted molar refractivity (Wildman–Crippen MR) is 69.7 cm³/mol. The molecule has 18 heavy (non-hydrogen) atoms. The van der Waals surface area contributed by atoms with Crippen LogP contribution < -0.4 is 0 Å². The molecule has 0 radical (unpaired) electrons. The topological polar surface area (TPSA) is 59.9 Å². The normalized spacial score (nSPS) is 10.3. The fraction of sp³-hybridized carbons (Fsp3) is 0.286. The SMILES string of the molecule is Cc1[nH]c2ccccc2c1CN(C)C(=O)CC#N. The number of hydrogen-bond acceptors (Lipinski definition) is 2. The van der Waals surface area contributed by atoms with E-state index >= 15 is 0 Å². The highest BCUT2D eigenvalue weighted by molar-refractivity contribution is 5.85. The van der Waals surface area contributed by atoms with Crippen molar-refractivity contribution in [1.29, 1.82) is 5.26 Å². The average Bonchev–Trinajstić information content (AvgIpc) is 2.66. The van der Waals surface area contributed by atoms with Crippen LogP contribution in [0.25, 0.3) is 10.9 Å². The van der Waals surface area contributed by atoms with Crippen molar-refractivity contribution in [2.24, 2.45) is 0 Å². The summed E-state index contributed by atoms with van der Waals surface area (Å²) in [5.74, 6) is -0.151. The molecule has 1 amide bonds. The molecule has 0 fully saturated rings. The number of rotatable bonds is 3. The molecule has 92 valence electrons. The molecule has 4 nitrogen and oxygen atoms in total. The maximum absolute atomic E-state index is 11.6. The Morgan fingerprint density at radius 3 is 2.89 bits per heavy atom. The number of aryl methyl sites for hydroxylation is 1. The monoisotopic (exact) mass is 241 g/mol. The Balaban J connectivity index is 2.29. The van der Waals surface area contributed by atoms with E-state index in [1.54, 1.807) is 11.9 Å². The van der Waals surface area contributed by atoms with Gasteiger partial charge in [-0.05, 0) is 18.6 Å². The lowest BCUT2D eigenvalue weighted by molar-refractivity contribution is -0.129. The van der Waals surface area contributed by atoms with Crippen LogP contribution in [0, 0.1) is 18.3 Å². The standard InChI is InChI=1S/C14H15N3O/c1-10-12(9-17(2)14(18)7-8-15)11-5-3-4-6-13(11)16-10/h3-6,16H,7,9H2,1-2H3. The van der Waals surface area contributed by atoms with Crippen molar-refractivity contribution in [3.63, 3.8) is 0 Å². The molecule has 0 atom stereocenters. The largest absolute Gasteiger partial charge is 0.358 e. The van der Waals surface area contributed by atoms with Gasteiger partial charge in [0.25, 0.3) is 0 Å². The summed E-state index contributed by atoms with van der Waals surface area (Å²) < 4.78 is 0. The highest BCUT2D eigenvalue weighted by Gasteiger charge is 2.13. The first-order valence-electron chi connectivity index (χ1n) is 5.80. The molecule has 1 aromatic heterocycles. The number of carbonyl (C=O) groups is 1. The molecule has 4 heteroatoms. The molecular formula is C14H15N3O. The van der Waals surface area contributed by atoms with Crippen LogP contribution in [0.2, 0.25) is 0 Å². The molecule has 2 aromatic rings. The molecule has 0 saturated heterocycles. The second-order valence-electron chi connectivity index (χ2n) is 4.36. The third-order valence-corrected chi connectivity index (χ3v) is 3.08. The van der Waals surface area contributed by atoms with Gasteiger partial charge in [-0.15, -0.1) is 0 Å². The number of para-hydroxylation sites is 1. The molecule has 0 spiro atoms. The summed E-state index contributed by atoms with van der Waals surface area (Å²) >= 11 is 0. The highest BCUT2D eigenvalue weighted by Crippen LogP contribution is 2.23. The summed E-state index contributed by atoms with van der Waals surface area (Å²) in [5, 5.41) is 9.67. The Morgan fingerprint density at radius 2 is 2.17 bits per heavy atom. The molecule has 0 saturated carbocycles. The molecule has 1 N–H and O–H groups in total. The molecular weight excluding hydrogens is 226 g/mol. The third kappa shape index (κ3) is 2.21. The highest BCUT2D eigenvalue weighted by atomic mass is 16.2. The van der Waals surface area contributed by atoms with E-state index in [0.29, 0.717) is 6.54 Å². The molecule has 0 bridgehead atoms. The van der Waals surface area contributed by atoms with Gasteiger partial charge in [0, 0.05) is 30.2 Å². The van der Waals surface area contributed by atoms with Crippen molar-refractivity contribution in [2.75, 3.05) is 7.05 Å². The van der Waals surface area contributed by atoms with Gasteiger partial charge in [0.2, 0.25) is 5.91 Å². The van der Waals surface area contributed by atoms with Crippen LogP contribution in [-0.2, 0) is 11.3 Å². The minimum Gasteiger partial charge on any atom is -0.358 e. The van der Waals surface area contributed by atoms with Gasteiger partial charge in [-0.2, -0.15) is 5.26 Å². The number of aromatic nitrogens is 1. The first-order chi connectivity index (χ1) is 8.63. The average molecular weight is 241 g/mol. The Bertz CT molecular complexity index is 621. The molecule has 0 aliphatic rings. The van der Waals surface area contributed by atoms with Crippen molar-refractivity contribution in [1.82, 2.24) is 9.88 Å². The molecule has 0 unspecified atom stereocenters. The smallest absolute Gasteiger partial charge is 0.236 e. The number of nitrogens with zero attached hydrogens (tertiary/aromatic N) is 2. The first-order valence-corrected chi connectivity index (χ1v) is 5.80. The predicted octanol–water partition coefficient (Wildman–Crippen LogP) is 2.35. The summed E-state index contributed by atoms with van der Waals surface area (Å²) in [6, 6.07) is 9.90. The first kappa shape index (κ1) is 12.2. The van der Waals surface area contributed by atoms with Gasteiger partial charge in [-0.25, -0.2) is 0 Å². The second-order valence-corrected chi connectivity index (χ2v) is 4.36. The van der Waals surface area contributed by atoms with Crippen molar-refractivity contribution in [2.45, 2.75) is 19.9 Å². The zero-order valence-electron chi connectivity index (χ0n) is 10.5. The minimum absolute atomic E-state index is 0.0715. The third-order valence-electron chi connectivity index (χ3n) is 3.08. The lowest BCUT2D eigenvalue weighted by Gasteiger charge is -2.15. The number of aromatic amines is 1. The van der Waals surface area contributed by atoms with Crippen molar-refractivity contribution >= 4 is 16.8 Å². The summed E-state index contributed by atoms with van der Waals surface area (Å²) in [5.41, 5.74) is 3.25. The van der Waals surface area contributed by atoms with Crippen LogP contribution in [0.15, 0.2) is 24.3 Å². The van der Waals surface area contributed by atoms with Crippen LogP contribution >= 0.6 is 0 Å². The number of hydrogen-bond donors (Lipinski definition) is 1. The fourth-order valence-electron chi connectivity index (χ4n) is 2.07. The van der Waals surface area contributed by atoms with Gasteiger partial charge < -0.3 is 9.88 Å². The van der Waals surface area contributed by atoms with Crippen molar-refractivity contribution in [3.8, 4) is 6.07 Å². The van der Waals surface area contributed by atoms with E-state index in [0.717, 1.165) is 22.2 Å². The Kier molecular flexibility index (Phi) is 3.33. The van der Waals surface area contributed by atoms with Gasteiger partial charge in [-0.1, -0.05) is 18.2 Å². The number of carbonyl (C=O) groups excluding carboxylic acids is 1. The van der Waals surface area contributed by atoms with Crippen LogP contribution in [0.1, 0.15) is 17.7 Å². The summed E-state index contributed by atoms with van der Waals surface area (Å²) in [7, 11) is 1.72. The van der Waals surface area contributed by atoms with E-state index in [9.17, 15) is 4.79 Å². The molecule has 0 aliphatic heterocycles. The molecule has 1 heterocycles. The molecule has 1 aromatic carbocycles. The van der Waals surface area contributed by atoms with E-state index in [4.69, 9.17) is 5.26 Å². The van der Waals surface area contributed by atoms with Gasteiger partial charge in [0.1, 0.15) is 6.42 Å². The van der Waals surface area contributed by atoms with Crippen LogP contribution in [-0.4, -0.2) is 22.8 Å². The van der Waals surface area contributed by atoms with E-state index in [-0.39, 0.29) is 12.3 Å². The summed E-state index contributed by atoms with van der Waals surface area (Å²) in [6.45, 7) is 2.52. The number of H-pyrrole nitrogens is 1. The number of fused-ring (bicyclic) bond motifs is 1. The van der Waals surface area contributed by atoms with Crippen LogP contribution in [0.3, 0.4) is 0 Å². The maximum atomic E-state index is 11.6. The van der Waals surface area contributed by atoms with Crippen molar-refractivity contribution in [3.05, 3.63) is 35.5 Å². The number of nitriles is 1. The number of amides is 1. The second kappa shape index (κ2) is 4.92. The lowest BCUT2D eigenvalue weighted by Crippen LogP contribution is -2.25. The van der Waals surface area contributed by atoms with E-state index in [1.807, 2.05) is 37.3 Å². The van der Waals surface area contributed by atoms with Gasteiger partial charge >= 0.3 is 0 Å². The van der Waals surface area contributed by atoms with E-state index in [1.165, 1.54) is 0 Å². The Morgan fingerprint density at radius 1 is 1.44 bits per heavy atom. The van der Waals surface area contributed by atoms with E-state index in [2.05, 4.69) is 4.98 Å². The number of benzene rings is 1.